The number of aryl methyl sites for hydroxylation is 1. The molecule has 86 valence electrons. The second-order valence-electron chi connectivity index (χ2n) is 3.74. The van der Waals surface area contributed by atoms with Gasteiger partial charge in [-0.3, -0.25) is 4.90 Å². The Morgan fingerprint density at radius 1 is 1.50 bits per heavy atom. The number of hydrogen-bond donors (Lipinski definition) is 0. The van der Waals surface area contributed by atoms with E-state index in [2.05, 4.69) is 6.07 Å². The van der Waals surface area contributed by atoms with Crippen LogP contribution in [0.15, 0.2) is 12.1 Å². The first-order chi connectivity index (χ1) is 7.58. The molecule has 0 fully saturated rings. The Kier molecular flexibility index (Phi) is 4.60. The summed E-state index contributed by atoms with van der Waals surface area (Å²) in [6, 6.07) is 5.92. The number of ether oxygens (including phenoxy) is 1. The van der Waals surface area contributed by atoms with Crippen LogP contribution in [0.2, 0.25) is 5.02 Å². The van der Waals surface area contributed by atoms with Crippen LogP contribution in [-0.2, 0) is 6.54 Å². The van der Waals surface area contributed by atoms with Gasteiger partial charge in [0, 0.05) is 6.54 Å². The highest BCUT2D eigenvalue weighted by Gasteiger charge is 2.08. The maximum atomic E-state index is 8.58. The molecule has 0 saturated carbocycles. The number of methoxy groups -OCH3 is 1. The van der Waals surface area contributed by atoms with E-state index < -0.39 is 0 Å². The Hall–Kier alpha value is -1.24. The van der Waals surface area contributed by atoms with Crippen molar-refractivity contribution in [3.8, 4) is 11.8 Å². The van der Waals surface area contributed by atoms with Crippen LogP contribution < -0.4 is 4.74 Å². The van der Waals surface area contributed by atoms with Crippen LogP contribution in [0.3, 0.4) is 0 Å². The van der Waals surface area contributed by atoms with Gasteiger partial charge in [0.15, 0.2) is 0 Å². The van der Waals surface area contributed by atoms with Gasteiger partial charge in [0.25, 0.3) is 0 Å². The molecule has 1 rings (SSSR count). The van der Waals surface area contributed by atoms with Crippen LogP contribution in [-0.4, -0.2) is 25.6 Å². The Bertz CT molecular complexity index is 412. The summed E-state index contributed by atoms with van der Waals surface area (Å²) >= 11 is 6.05. The third-order valence-corrected chi connectivity index (χ3v) is 2.69. The fourth-order valence-electron chi connectivity index (χ4n) is 1.49. The summed E-state index contributed by atoms with van der Waals surface area (Å²) in [5, 5.41) is 9.19. The predicted molar refractivity (Wildman–Crippen MR) is 64.7 cm³/mol. The molecular formula is C12H15ClN2O. The summed E-state index contributed by atoms with van der Waals surface area (Å²) in [6.45, 7) is 3.13. The fourth-order valence-corrected chi connectivity index (χ4v) is 1.75. The van der Waals surface area contributed by atoms with Gasteiger partial charge in [-0.2, -0.15) is 5.26 Å². The van der Waals surface area contributed by atoms with Crippen LogP contribution in [0.1, 0.15) is 11.1 Å². The van der Waals surface area contributed by atoms with Gasteiger partial charge in [-0.25, -0.2) is 0 Å². The van der Waals surface area contributed by atoms with Crippen molar-refractivity contribution >= 4 is 11.6 Å². The molecule has 0 aromatic heterocycles. The third-order valence-electron chi connectivity index (χ3n) is 2.39. The van der Waals surface area contributed by atoms with Crippen LogP contribution in [0.25, 0.3) is 0 Å². The lowest BCUT2D eigenvalue weighted by Gasteiger charge is -2.15. The zero-order valence-corrected chi connectivity index (χ0v) is 10.5. The van der Waals surface area contributed by atoms with Gasteiger partial charge in [0.2, 0.25) is 0 Å². The van der Waals surface area contributed by atoms with Crippen molar-refractivity contribution in [1.82, 2.24) is 4.90 Å². The first-order valence-electron chi connectivity index (χ1n) is 4.97. The predicted octanol–water partition coefficient (Wildman–Crippen LogP) is 2.61. The highest BCUT2D eigenvalue weighted by molar-refractivity contribution is 6.32. The number of benzene rings is 1. The van der Waals surface area contributed by atoms with Crippen molar-refractivity contribution in [2.75, 3.05) is 20.7 Å². The Morgan fingerprint density at radius 3 is 2.75 bits per heavy atom. The van der Waals surface area contributed by atoms with Gasteiger partial charge < -0.3 is 4.74 Å². The molecule has 0 amide bonds. The van der Waals surface area contributed by atoms with Gasteiger partial charge >= 0.3 is 0 Å². The van der Waals surface area contributed by atoms with E-state index in [0.29, 0.717) is 23.9 Å². The SMILES string of the molecule is COc1cc(C)c(CN(C)CC#N)cc1Cl. The van der Waals surface area contributed by atoms with Crippen molar-refractivity contribution in [2.45, 2.75) is 13.5 Å². The molecule has 4 heteroatoms. The van der Waals surface area contributed by atoms with E-state index in [1.807, 2.05) is 31.0 Å². The average molecular weight is 239 g/mol. The second kappa shape index (κ2) is 5.74. The third kappa shape index (κ3) is 3.13. The first-order valence-corrected chi connectivity index (χ1v) is 5.34. The first kappa shape index (κ1) is 12.8. The van der Waals surface area contributed by atoms with Crippen LogP contribution in [0.5, 0.6) is 5.75 Å². The van der Waals surface area contributed by atoms with E-state index in [-0.39, 0.29) is 0 Å². The van der Waals surface area contributed by atoms with Gasteiger partial charge in [-0.05, 0) is 37.2 Å². The summed E-state index contributed by atoms with van der Waals surface area (Å²) < 4.78 is 5.14. The van der Waals surface area contributed by atoms with Gasteiger partial charge in [-0.1, -0.05) is 11.6 Å². The molecule has 3 nitrogen and oxygen atoms in total. The number of halogens is 1. The summed E-state index contributed by atoms with van der Waals surface area (Å²) in [5.74, 6) is 0.686. The molecule has 0 spiro atoms. The van der Waals surface area contributed by atoms with E-state index in [0.717, 1.165) is 11.1 Å². The van der Waals surface area contributed by atoms with E-state index >= 15 is 0 Å². The minimum absolute atomic E-state index is 0.406. The Labute approximate surface area is 101 Å². The number of nitrogens with zero attached hydrogens (tertiary/aromatic N) is 2. The molecule has 0 N–H and O–H groups in total. The molecule has 0 aliphatic rings. The molecule has 0 radical (unpaired) electrons. The van der Waals surface area contributed by atoms with Crippen molar-refractivity contribution < 1.29 is 4.74 Å². The zero-order valence-electron chi connectivity index (χ0n) is 9.75. The summed E-state index contributed by atoms with van der Waals surface area (Å²) in [5.41, 5.74) is 2.23. The van der Waals surface area contributed by atoms with Gasteiger partial charge in [0.05, 0.1) is 24.7 Å². The molecule has 0 aliphatic heterocycles. The van der Waals surface area contributed by atoms with Crippen LogP contribution in [0.4, 0.5) is 0 Å². The lowest BCUT2D eigenvalue weighted by molar-refractivity contribution is 0.366. The molecule has 0 atom stereocenters. The van der Waals surface area contributed by atoms with Crippen molar-refractivity contribution in [3.63, 3.8) is 0 Å². The Morgan fingerprint density at radius 2 is 2.19 bits per heavy atom. The van der Waals surface area contributed by atoms with E-state index in [1.165, 1.54) is 0 Å². The largest absolute Gasteiger partial charge is 0.495 e. The molecule has 1 aromatic carbocycles. The number of nitriles is 1. The summed E-state index contributed by atoms with van der Waals surface area (Å²) in [4.78, 5) is 1.94. The summed E-state index contributed by atoms with van der Waals surface area (Å²) in [6.07, 6.45) is 0. The van der Waals surface area contributed by atoms with Gasteiger partial charge in [0.1, 0.15) is 5.75 Å². The average Bonchev–Trinajstić information content (AvgIpc) is 2.23. The highest BCUT2D eigenvalue weighted by Crippen LogP contribution is 2.28. The second-order valence-corrected chi connectivity index (χ2v) is 4.15. The summed E-state index contributed by atoms with van der Waals surface area (Å²) in [7, 11) is 3.50. The van der Waals surface area contributed by atoms with Crippen molar-refractivity contribution in [2.24, 2.45) is 0 Å². The van der Waals surface area contributed by atoms with E-state index in [4.69, 9.17) is 21.6 Å². The molecule has 0 heterocycles. The van der Waals surface area contributed by atoms with Crippen LogP contribution in [0, 0.1) is 18.3 Å². The fraction of sp³-hybridized carbons (Fsp3) is 0.417. The monoisotopic (exact) mass is 238 g/mol. The topological polar surface area (TPSA) is 36.3 Å². The quantitative estimate of drug-likeness (QED) is 0.757. The van der Waals surface area contributed by atoms with E-state index in [1.54, 1.807) is 7.11 Å². The van der Waals surface area contributed by atoms with E-state index in [9.17, 15) is 0 Å². The normalized spacial score (nSPS) is 10.2. The molecule has 0 bridgehead atoms. The maximum absolute atomic E-state index is 8.58. The highest BCUT2D eigenvalue weighted by atomic mass is 35.5. The van der Waals surface area contributed by atoms with Crippen LogP contribution >= 0.6 is 11.6 Å². The van der Waals surface area contributed by atoms with Crippen molar-refractivity contribution in [3.05, 3.63) is 28.3 Å². The number of rotatable bonds is 4. The van der Waals surface area contributed by atoms with Crippen molar-refractivity contribution in [1.29, 1.82) is 5.26 Å². The Balaban J connectivity index is 2.90. The molecule has 0 aliphatic carbocycles. The maximum Gasteiger partial charge on any atom is 0.137 e. The number of hydrogen-bond acceptors (Lipinski definition) is 3. The smallest absolute Gasteiger partial charge is 0.137 e. The molecule has 16 heavy (non-hydrogen) atoms. The molecular weight excluding hydrogens is 224 g/mol. The minimum atomic E-state index is 0.406. The standard InChI is InChI=1S/C12H15ClN2O/c1-9-6-12(16-3)11(13)7-10(9)8-15(2)5-4-14/h6-7H,5,8H2,1-3H3. The zero-order chi connectivity index (χ0) is 12.1. The van der Waals surface area contributed by atoms with Gasteiger partial charge in [-0.15, -0.1) is 0 Å². The lowest BCUT2D eigenvalue weighted by Crippen LogP contribution is -2.18. The molecule has 0 saturated heterocycles. The minimum Gasteiger partial charge on any atom is -0.495 e. The molecule has 1 aromatic rings. The lowest BCUT2D eigenvalue weighted by atomic mass is 10.1. The molecule has 0 unspecified atom stereocenters.